The van der Waals surface area contributed by atoms with Gasteiger partial charge in [-0.05, 0) is 31.6 Å². The Kier molecular flexibility index (Phi) is 2.17. The van der Waals surface area contributed by atoms with Crippen molar-refractivity contribution in [3.63, 3.8) is 0 Å². The van der Waals surface area contributed by atoms with Gasteiger partial charge in [0.05, 0.1) is 0 Å². The van der Waals surface area contributed by atoms with E-state index in [0.717, 1.165) is 19.4 Å². The second-order valence-corrected chi connectivity index (χ2v) is 6.23. The second kappa shape index (κ2) is 3.35. The molecule has 2 nitrogen and oxygen atoms in total. The third-order valence-corrected chi connectivity index (χ3v) is 4.69. The molecule has 1 amide bonds. The van der Waals surface area contributed by atoms with E-state index < -0.39 is 0 Å². The average molecular weight is 219 g/mol. The maximum Gasteiger partial charge on any atom is 0.230 e. The summed E-state index contributed by atoms with van der Waals surface area (Å²) in [5.41, 5.74) is 1.54. The van der Waals surface area contributed by atoms with Gasteiger partial charge in [0.2, 0.25) is 5.91 Å². The summed E-state index contributed by atoms with van der Waals surface area (Å²) < 4.78 is 0. The van der Waals surface area contributed by atoms with Crippen molar-refractivity contribution in [3.8, 4) is 0 Å². The average Bonchev–Trinajstić information content (AvgIpc) is 2.68. The van der Waals surface area contributed by atoms with Gasteiger partial charge in [-0.3, -0.25) is 4.79 Å². The molecule has 0 N–H and O–H groups in total. The van der Waals surface area contributed by atoms with Gasteiger partial charge >= 0.3 is 0 Å². The molecule has 0 radical (unpaired) electrons. The van der Waals surface area contributed by atoms with Gasteiger partial charge in [0.25, 0.3) is 0 Å². The molecule has 0 spiro atoms. The number of carbonyl (C=O) groups is 1. The predicted octanol–water partition coefficient (Wildman–Crippen LogP) is 2.95. The number of allylic oxidation sites excluding steroid dienone is 2. The van der Waals surface area contributed by atoms with Crippen molar-refractivity contribution in [2.24, 2.45) is 17.3 Å². The minimum absolute atomic E-state index is 0.210. The quantitative estimate of drug-likeness (QED) is 0.613. The number of rotatable bonds is 0. The third kappa shape index (κ3) is 1.35. The summed E-state index contributed by atoms with van der Waals surface area (Å²) in [4.78, 5) is 14.5. The molecule has 1 saturated carbocycles. The lowest BCUT2D eigenvalue weighted by molar-refractivity contribution is -0.137. The summed E-state index contributed by atoms with van der Waals surface area (Å²) in [6.45, 7) is 5.53. The highest BCUT2D eigenvalue weighted by atomic mass is 16.2. The van der Waals surface area contributed by atoms with E-state index in [2.05, 4.69) is 24.8 Å². The van der Waals surface area contributed by atoms with Gasteiger partial charge in [-0.15, -0.1) is 0 Å². The van der Waals surface area contributed by atoms with Crippen LogP contribution in [0.1, 0.15) is 46.0 Å². The molecular formula is C14H21NO. The van der Waals surface area contributed by atoms with Crippen molar-refractivity contribution in [1.29, 1.82) is 0 Å². The number of piperidine rings is 1. The van der Waals surface area contributed by atoms with E-state index in [1.807, 2.05) is 0 Å². The lowest BCUT2D eigenvalue weighted by Gasteiger charge is -2.45. The first kappa shape index (κ1) is 10.4. The Bertz CT molecular complexity index is 356. The van der Waals surface area contributed by atoms with Gasteiger partial charge in [0.15, 0.2) is 0 Å². The van der Waals surface area contributed by atoms with E-state index in [4.69, 9.17) is 0 Å². The maximum absolute atomic E-state index is 12.4. The lowest BCUT2D eigenvalue weighted by Crippen LogP contribution is -2.47. The Morgan fingerprint density at radius 1 is 1.31 bits per heavy atom. The molecule has 2 fully saturated rings. The van der Waals surface area contributed by atoms with E-state index in [9.17, 15) is 4.79 Å². The first-order valence-electron chi connectivity index (χ1n) is 6.63. The number of fused-ring (bicyclic) bond motifs is 2. The van der Waals surface area contributed by atoms with Crippen LogP contribution in [0, 0.1) is 17.3 Å². The van der Waals surface area contributed by atoms with Crippen LogP contribution in [0.4, 0.5) is 0 Å². The largest absolute Gasteiger partial charge is 0.316 e. The molecule has 2 heteroatoms. The van der Waals surface area contributed by atoms with Gasteiger partial charge in [0, 0.05) is 23.6 Å². The van der Waals surface area contributed by atoms with E-state index in [0.29, 0.717) is 17.7 Å². The number of carbonyl (C=O) groups excluding carboxylic acids is 1. The summed E-state index contributed by atoms with van der Waals surface area (Å²) >= 11 is 0. The molecule has 0 aromatic heterocycles. The van der Waals surface area contributed by atoms with Gasteiger partial charge in [-0.25, -0.2) is 0 Å². The molecule has 16 heavy (non-hydrogen) atoms. The molecule has 88 valence electrons. The molecule has 0 bridgehead atoms. The molecule has 1 saturated heterocycles. The minimum atomic E-state index is 0.210. The van der Waals surface area contributed by atoms with Crippen molar-refractivity contribution >= 4 is 5.91 Å². The zero-order chi connectivity index (χ0) is 11.3. The summed E-state index contributed by atoms with van der Waals surface area (Å²) in [5, 5.41) is 0. The first-order chi connectivity index (χ1) is 7.59. The fraction of sp³-hybridized carbons (Fsp3) is 0.786. The zero-order valence-corrected chi connectivity index (χ0v) is 10.3. The minimum Gasteiger partial charge on any atom is -0.316 e. The molecule has 1 aliphatic carbocycles. The van der Waals surface area contributed by atoms with Crippen LogP contribution in [0.5, 0.6) is 0 Å². The van der Waals surface area contributed by atoms with Crippen molar-refractivity contribution < 1.29 is 4.79 Å². The predicted molar refractivity (Wildman–Crippen MR) is 63.6 cm³/mol. The van der Waals surface area contributed by atoms with Crippen molar-refractivity contribution in [1.82, 2.24) is 4.90 Å². The van der Waals surface area contributed by atoms with Gasteiger partial charge in [-0.1, -0.05) is 26.3 Å². The van der Waals surface area contributed by atoms with Crippen LogP contribution in [0.15, 0.2) is 11.8 Å². The Morgan fingerprint density at radius 2 is 2.12 bits per heavy atom. The molecule has 2 atom stereocenters. The summed E-state index contributed by atoms with van der Waals surface area (Å²) in [6.07, 6.45) is 8.39. The standard InChI is InChI=1S/C14H21NO/c1-14(2)7-4-8-15-12(14)9-10-5-3-6-11(10)13(15)16/h9-11H,3-8H2,1-2H3/t10-,11-/m1/s1. The second-order valence-electron chi connectivity index (χ2n) is 6.23. The Morgan fingerprint density at radius 3 is 2.94 bits per heavy atom. The van der Waals surface area contributed by atoms with Crippen LogP contribution >= 0.6 is 0 Å². The summed E-state index contributed by atoms with van der Waals surface area (Å²) in [7, 11) is 0. The molecule has 2 aliphatic heterocycles. The lowest BCUT2D eigenvalue weighted by atomic mass is 9.75. The van der Waals surface area contributed by atoms with Crippen molar-refractivity contribution in [3.05, 3.63) is 11.8 Å². The number of amides is 1. The van der Waals surface area contributed by atoms with Crippen molar-refractivity contribution in [2.45, 2.75) is 46.0 Å². The summed E-state index contributed by atoms with van der Waals surface area (Å²) in [5.74, 6) is 1.29. The molecule has 0 unspecified atom stereocenters. The molecule has 3 aliphatic rings. The molecule has 0 aromatic carbocycles. The van der Waals surface area contributed by atoms with Gasteiger partial charge < -0.3 is 4.90 Å². The fourth-order valence-corrected chi connectivity index (χ4v) is 3.74. The van der Waals surface area contributed by atoms with E-state index in [1.54, 1.807) is 0 Å². The zero-order valence-electron chi connectivity index (χ0n) is 10.3. The van der Waals surface area contributed by atoms with Gasteiger partial charge in [-0.2, -0.15) is 0 Å². The number of hydrogen-bond acceptors (Lipinski definition) is 1. The maximum atomic E-state index is 12.4. The van der Waals surface area contributed by atoms with Crippen LogP contribution in [-0.2, 0) is 4.79 Å². The van der Waals surface area contributed by atoms with Crippen LogP contribution in [-0.4, -0.2) is 17.4 Å². The SMILES string of the molecule is CC1(C)CCCN2C(=O)[C@@H]3CCC[C@@H]3C=C21. The van der Waals surface area contributed by atoms with Crippen LogP contribution in [0.3, 0.4) is 0 Å². The normalized spacial score (nSPS) is 36.8. The fourth-order valence-electron chi connectivity index (χ4n) is 3.74. The third-order valence-electron chi connectivity index (χ3n) is 4.69. The highest BCUT2D eigenvalue weighted by molar-refractivity contribution is 5.83. The highest BCUT2D eigenvalue weighted by Crippen LogP contribution is 2.47. The number of hydrogen-bond donors (Lipinski definition) is 0. The van der Waals surface area contributed by atoms with E-state index in [1.165, 1.54) is 25.0 Å². The first-order valence-corrected chi connectivity index (χ1v) is 6.63. The number of nitrogens with zero attached hydrogens (tertiary/aromatic N) is 1. The molecule has 0 aromatic rings. The molecular weight excluding hydrogens is 198 g/mol. The van der Waals surface area contributed by atoms with E-state index in [-0.39, 0.29) is 5.41 Å². The topological polar surface area (TPSA) is 20.3 Å². The Balaban J connectivity index is 2.01. The summed E-state index contributed by atoms with van der Waals surface area (Å²) in [6, 6.07) is 0. The molecule has 2 heterocycles. The smallest absolute Gasteiger partial charge is 0.230 e. The van der Waals surface area contributed by atoms with Crippen LogP contribution in [0.2, 0.25) is 0 Å². The van der Waals surface area contributed by atoms with Gasteiger partial charge in [0.1, 0.15) is 0 Å². The van der Waals surface area contributed by atoms with Crippen LogP contribution in [0.25, 0.3) is 0 Å². The van der Waals surface area contributed by atoms with E-state index >= 15 is 0 Å². The van der Waals surface area contributed by atoms with Crippen LogP contribution < -0.4 is 0 Å². The monoisotopic (exact) mass is 219 g/mol. The Hall–Kier alpha value is -0.790. The van der Waals surface area contributed by atoms with Crippen molar-refractivity contribution in [2.75, 3.05) is 6.54 Å². The Labute approximate surface area is 97.7 Å². The highest BCUT2D eigenvalue weighted by Gasteiger charge is 2.44. The molecule has 3 rings (SSSR count).